The molecule has 0 saturated carbocycles. The van der Waals surface area contributed by atoms with E-state index in [4.69, 9.17) is 4.74 Å². The summed E-state index contributed by atoms with van der Waals surface area (Å²) in [4.78, 5) is 21.6. The first-order chi connectivity index (χ1) is 18.0. The number of rotatable bonds is 9. The van der Waals surface area contributed by atoms with Crippen molar-refractivity contribution in [3.63, 3.8) is 0 Å². The molecule has 38 heavy (non-hydrogen) atoms. The predicted molar refractivity (Wildman–Crippen MR) is 130 cm³/mol. The van der Waals surface area contributed by atoms with Gasteiger partial charge in [-0.3, -0.25) is 4.79 Å². The molecule has 0 saturated heterocycles. The number of hydrogen-bond donors (Lipinski definition) is 2. The van der Waals surface area contributed by atoms with Crippen molar-refractivity contribution in [3.8, 4) is 22.9 Å². The summed E-state index contributed by atoms with van der Waals surface area (Å²) in [6, 6.07) is 7.53. The monoisotopic (exact) mass is 532 g/mol. The summed E-state index contributed by atoms with van der Waals surface area (Å²) < 4.78 is 62.3. The lowest BCUT2D eigenvalue weighted by atomic mass is 10.1. The zero-order valence-electron chi connectivity index (χ0n) is 20.6. The maximum absolute atomic E-state index is 14.2. The Morgan fingerprint density at radius 3 is 2.66 bits per heavy atom. The molecule has 1 aromatic carbocycles. The van der Waals surface area contributed by atoms with Crippen LogP contribution in [0.4, 0.5) is 23.4 Å². The standard InChI is InChI=1S/C25H24F4N6O3/c1-14(2)10-30-21-13-35-22(33-21)7-6-20(34-35)16-9-18(24(37-3)32-12-16)23(36)31-11-15-8-17(4-5-19(15)26)38-25(27,28)29/h4-9,12-14,30H,10-11H2,1-3H3,(H,31,36). The number of alkyl halides is 3. The van der Waals surface area contributed by atoms with Gasteiger partial charge in [-0.15, -0.1) is 13.2 Å². The van der Waals surface area contributed by atoms with Crippen LogP contribution in [0.25, 0.3) is 16.9 Å². The van der Waals surface area contributed by atoms with Crippen LogP contribution in [0.3, 0.4) is 0 Å². The molecule has 0 aliphatic carbocycles. The molecule has 0 bridgehead atoms. The lowest BCUT2D eigenvalue weighted by Crippen LogP contribution is -2.24. The van der Waals surface area contributed by atoms with E-state index in [1.54, 1.807) is 22.8 Å². The van der Waals surface area contributed by atoms with E-state index < -0.39 is 30.4 Å². The Morgan fingerprint density at radius 2 is 1.95 bits per heavy atom. The van der Waals surface area contributed by atoms with Crippen molar-refractivity contribution in [2.75, 3.05) is 19.0 Å². The number of pyridine rings is 1. The molecule has 2 N–H and O–H groups in total. The molecule has 9 nitrogen and oxygen atoms in total. The third-order valence-corrected chi connectivity index (χ3v) is 5.29. The third kappa shape index (κ3) is 6.47. The van der Waals surface area contributed by atoms with Gasteiger partial charge in [0.1, 0.15) is 22.9 Å². The number of halogens is 4. The van der Waals surface area contributed by atoms with Gasteiger partial charge in [-0.2, -0.15) is 5.10 Å². The molecule has 200 valence electrons. The largest absolute Gasteiger partial charge is 0.573 e. The fraction of sp³-hybridized carbons (Fsp3) is 0.280. The number of nitrogens with one attached hydrogen (secondary N) is 2. The molecule has 0 fully saturated rings. The average Bonchev–Trinajstić information content (AvgIpc) is 3.28. The summed E-state index contributed by atoms with van der Waals surface area (Å²) in [5.41, 5.74) is 1.45. The van der Waals surface area contributed by atoms with Gasteiger partial charge in [0.25, 0.3) is 5.91 Å². The summed E-state index contributed by atoms with van der Waals surface area (Å²) in [5, 5.41) is 10.2. The number of aromatic nitrogens is 4. The third-order valence-electron chi connectivity index (χ3n) is 5.29. The van der Waals surface area contributed by atoms with Crippen molar-refractivity contribution in [2.45, 2.75) is 26.8 Å². The Kier molecular flexibility index (Phi) is 7.65. The minimum Gasteiger partial charge on any atom is -0.480 e. The highest BCUT2D eigenvalue weighted by Crippen LogP contribution is 2.26. The van der Waals surface area contributed by atoms with Gasteiger partial charge in [0.15, 0.2) is 5.65 Å². The molecule has 13 heteroatoms. The van der Waals surface area contributed by atoms with E-state index in [1.807, 2.05) is 0 Å². The number of hydrogen-bond acceptors (Lipinski definition) is 7. The number of amides is 1. The van der Waals surface area contributed by atoms with Crippen LogP contribution in [0.1, 0.15) is 29.8 Å². The second-order valence-corrected chi connectivity index (χ2v) is 8.69. The Hall–Kier alpha value is -4.42. The highest BCUT2D eigenvalue weighted by molar-refractivity contribution is 5.97. The Morgan fingerprint density at radius 1 is 1.16 bits per heavy atom. The fourth-order valence-electron chi connectivity index (χ4n) is 3.50. The van der Waals surface area contributed by atoms with Crippen molar-refractivity contribution in [3.05, 3.63) is 65.7 Å². The van der Waals surface area contributed by atoms with Crippen LogP contribution in [0.15, 0.2) is 48.8 Å². The van der Waals surface area contributed by atoms with Crippen LogP contribution in [0.5, 0.6) is 11.6 Å². The average molecular weight is 532 g/mol. The highest BCUT2D eigenvalue weighted by Gasteiger charge is 2.31. The molecule has 0 unspecified atom stereocenters. The van der Waals surface area contributed by atoms with E-state index in [0.29, 0.717) is 28.6 Å². The second kappa shape index (κ2) is 10.9. The van der Waals surface area contributed by atoms with Crippen LogP contribution in [-0.4, -0.2) is 45.5 Å². The van der Waals surface area contributed by atoms with Gasteiger partial charge in [0.2, 0.25) is 5.88 Å². The van der Waals surface area contributed by atoms with E-state index in [1.165, 1.54) is 19.4 Å². The lowest BCUT2D eigenvalue weighted by Gasteiger charge is -2.13. The number of anilines is 1. The molecule has 0 radical (unpaired) electrons. The van der Waals surface area contributed by atoms with Gasteiger partial charge in [-0.25, -0.2) is 18.9 Å². The van der Waals surface area contributed by atoms with Crippen molar-refractivity contribution in [1.82, 2.24) is 24.9 Å². The fourth-order valence-corrected chi connectivity index (χ4v) is 3.50. The van der Waals surface area contributed by atoms with E-state index in [2.05, 4.69) is 44.3 Å². The Labute approximate surface area is 214 Å². The summed E-state index contributed by atoms with van der Waals surface area (Å²) >= 11 is 0. The molecule has 1 amide bonds. The first-order valence-electron chi connectivity index (χ1n) is 11.5. The van der Waals surface area contributed by atoms with Crippen LogP contribution >= 0.6 is 0 Å². The zero-order chi connectivity index (χ0) is 27.4. The molecule has 0 atom stereocenters. The molecule has 4 aromatic rings. The van der Waals surface area contributed by atoms with Crippen molar-refractivity contribution in [2.24, 2.45) is 5.92 Å². The molecule has 4 rings (SSSR count). The van der Waals surface area contributed by atoms with Crippen molar-refractivity contribution < 1.29 is 31.8 Å². The van der Waals surface area contributed by atoms with Crippen molar-refractivity contribution in [1.29, 1.82) is 0 Å². The Bertz CT molecular complexity index is 1460. The highest BCUT2D eigenvalue weighted by atomic mass is 19.4. The smallest absolute Gasteiger partial charge is 0.480 e. The van der Waals surface area contributed by atoms with Gasteiger partial charge >= 0.3 is 6.36 Å². The number of ether oxygens (including phenoxy) is 2. The van der Waals surface area contributed by atoms with Crippen LogP contribution in [0.2, 0.25) is 0 Å². The second-order valence-electron chi connectivity index (χ2n) is 8.69. The number of nitrogens with zero attached hydrogens (tertiary/aromatic N) is 4. The molecule has 0 spiro atoms. The normalized spacial score (nSPS) is 11.6. The van der Waals surface area contributed by atoms with Gasteiger partial charge < -0.3 is 20.1 Å². The van der Waals surface area contributed by atoms with Gasteiger partial charge in [0.05, 0.1) is 19.0 Å². The number of methoxy groups -OCH3 is 1. The lowest BCUT2D eigenvalue weighted by molar-refractivity contribution is -0.274. The maximum atomic E-state index is 14.2. The minimum atomic E-state index is -4.93. The summed E-state index contributed by atoms with van der Waals surface area (Å²) in [6.45, 7) is 4.51. The van der Waals surface area contributed by atoms with Crippen LogP contribution in [0, 0.1) is 11.7 Å². The summed E-state index contributed by atoms with van der Waals surface area (Å²) in [7, 11) is 1.33. The topological polar surface area (TPSA) is 103 Å². The molecular formula is C25H24F4N6O3. The first kappa shape index (κ1) is 26.6. The number of carbonyl (C=O) groups excluding carboxylic acids is 1. The van der Waals surface area contributed by atoms with Crippen LogP contribution < -0.4 is 20.1 Å². The van der Waals surface area contributed by atoms with Gasteiger partial charge in [-0.05, 0) is 42.3 Å². The van der Waals surface area contributed by atoms with Gasteiger partial charge in [0, 0.05) is 30.4 Å². The number of imidazole rings is 1. The molecule has 0 aliphatic rings. The predicted octanol–water partition coefficient (Wildman–Crippen LogP) is 4.84. The molecule has 3 aromatic heterocycles. The summed E-state index contributed by atoms with van der Waals surface area (Å²) in [6.07, 6.45) is -1.70. The van der Waals surface area contributed by atoms with E-state index in [-0.39, 0.29) is 17.0 Å². The maximum Gasteiger partial charge on any atom is 0.573 e. The SMILES string of the molecule is COc1ncc(-c2ccc3nc(NCC(C)C)cn3n2)cc1C(=O)NCc1cc(OC(F)(F)F)ccc1F. The minimum absolute atomic E-state index is 0.00441. The molecular weight excluding hydrogens is 508 g/mol. The molecule has 3 heterocycles. The van der Waals surface area contributed by atoms with E-state index in [9.17, 15) is 22.4 Å². The molecule has 0 aliphatic heterocycles. The van der Waals surface area contributed by atoms with Crippen molar-refractivity contribution >= 4 is 17.4 Å². The number of fused-ring (bicyclic) bond motifs is 1. The summed E-state index contributed by atoms with van der Waals surface area (Å²) in [5.74, 6) is -0.974. The Balaban J connectivity index is 1.55. The first-order valence-corrected chi connectivity index (χ1v) is 11.5. The van der Waals surface area contributed by atoms with E-state index in [0.717, 1.165) is 24.7 Å². The quantitative estimate of drug-likeness (QED) is 0.298. The number of carbonyl (C=O) groups is 1. The zero-order valence-corrected chi connectivity index (χ0v) is 20.6. The van der Waals surface area contributed by atoms with Crippen LogP contribution in [-0.2, 0) is 6.54 Å². The van der Waals surface area contributed by atoms with Gasteiger partial charge in [-0.1, -0.05) is 13.8 Å². The number of benzene rings is 1. The van der Waals surface area contributed by atoms with E-state index >= 15 is 0 Å².